The summed E-state index contributed by atoms with van der Waals surface area (Å²) < 4.78 is 16.5. The summed E-state index contributed by atoms with van der Waals surface area (Å²) in [6, 6.07) is 0.0815. The predicted molar refractivity (Wildman–Crippen MR) is 107 cm³/mol. The van der Waals surface area contributed by atoms with Crippen molar-refractivity contribution in [2.45, 2.75) is 69.0 Å². The monoisotopic (exact) mass is 421 g/mol. The fourth-order valence-electron chi connectivity index (χ4n) is 4.46. The van der Waals surface area contributed by atoms with Gasteiger partial charge in [0.15, 0.2) is 10.1 Å². The Morgan fingerprint density at radius 2 is 2.00 bits per heavy atom. The Balaban J connectivity index is 1.49. The zero-order valence-electron chi connectivity index (χ0n) is 15.5. The number of halogens is 2. The van der Waals surface area contributed by atoms with Gasteiger partial charge in [-0.2, -0.15) is 5.10 Å². The molecule has 0 spiro atoms. The van der Waals surface area contributed by atoms with Crippen LogP contribution in [0.15, 0.2) is 16.4 Å². The summed E-state index contributed by atoms with van der Waals surface area (Å²) in [6.07, 6.45) is 5.95. The molecule has 148 valence electrons. The van der Waals surface area contributed by atoms with Gasteiger partial charge >= 0.3 is 0 Å². The van der Waals surface area contributed by atoms with Crippen molar-refractivity contribution in [2.75, 3.05) is 0 Å². The molecular formula is C19H21ClFN5OS. The van der Waals surface area contributed by atoms with Gasteiger partial charge in [0, 0.05) is 17.2 Å². The van der Waals surface area contributed by atoms with Crippen molar-refractivity contribution >= 4 is 34.0 Å². The molecule has 2 aliphatic carbocycles. The molecule has 3 aromatic heterocycles. The number of alkyl halides is 1. The second-order valence-electron chi connectivity index (χ2n) is 8.24. The number of fused-ring (bicyclic) bond motifs is 1. The summed E-state index contributed by atoms with van der Waals surface area (Å²) in [7, 11) is 0. The predicted octanol–water partition coefficient (Wildman–Crippen LogP) is 4.73. The van der Waals surface area contributed by atoms with E-state index in [9.17, 15) is 9.18 Å². The number of aromatic nitrogens is 5. The molecule has 6 nitrogen and oxygen atoms in total. The van der Waals surface area contributed by atoms with Crippen LogP contribution in [0.5, 0.6) is 0 Å². The molecule has 28 heavy (non-hydrogen) atoms. The van der Waals surface area contributed by atoms with Crippen molar-refractivity contribution in [1.82, 2.24) is 24.7 Å². The van der Waals surface area contributed by atoms with Gasteiger partial charge in [0.2, 0.25) is 0 Å². The highest BCUT2D eigenvalue weighted by Crippen LogP contribution is 2.48. The standard InChI is InChI=1S/C19H21ClFN5OS/c1-19(21)6-4-10(5-7-19)26-16-13(8-22-26)17(27)25-15(24-16)12-3-2-11(12)14-9-28-18(20)23-14/h8-12H,2-7H2,1H3,(H,24,25,27)/t10?,11-,12-,19?/m0/s1. The molecule has 0 aromatic carbocycles. The van der Waals surface area contributed by atoms with Crippen molar-refractivity contribution < 1.29 is 4.39 Å². The van der Waals surface area contributed by atoms with Crippen LogP contribution < -0.4 is 5.56 Å². The summed E-state index contributed by atoms with van der Waals surface area (Å²) in [4.78, 5) is 24.8. The van der Waals surface area contributed by atoms with Crippen molar-refractivity contribution in [3.63, 3.8) is 0 Å². The molecule has 2 fully saturated rings. The summed E-state index contributed by atoms with van der Waals surface area (Å²) in [5.41, 5.74) is 0.299. The Morgan fingerprint density at radius 3 is 2.64 bits per heavy atom. The minimum atomic E-state index is -1.11. The van der Waals surface area contributed by atoms with Crippen molar-refractivity contribution in [1.29, 1.82) is 0 Å². The van der Waals surface area contributed by atoms with Crippen LogP contribution in [0.25, 0.3) is 11.0 Å². The average molecular weight is 422 g/mol. The first kappa shape index (κ1) is 18.2. The van der Waals surface area contributed by atoms with Gasteiger partial charge in [-0.05, 0) is 45.4 Å². The fraction of sp³-hybridized carbons (Fsp3) is 0.579. The molecule has 0 radical (unpaired) electrons. The van der Waals surface area contributed by atoms with E-state index in [1.54, 1.807) is 13.1 Å². The van der Waals surface area contributed by atoms with Crippen LogP contribution in [0, 0.1) is 0 Å². The van der Waals surface area contributed by atoms with E-state index >= 15 is 0 Å². The Kier molecular flexibility index (Phi) is 4.32. The Hall–Kier alpha value is -1.80. The van der Waals surface area contributed by atoms with Crippen LogP contribution in [0.2, 0.25) is 4.47 Å². The molecule has 1 N–H and O–H groups in total. The number of thiazole rings is 1. The maximum Gasteiger partial charge on any atom is 0.262 e. The van der Waals surface area contributed by atoms with Gasteiger partial charge in [0.05, 0.1) is 17.9 Å². The van der Waals surface area contributed by atoms with Gasteiger partial charge in [-0.15, -0.1) is 11.3 Å². The van der Waals surface area contributed by atoms with Crippen molar-refractivity contribution in [3.8, 4) is 0 Å². The zero-order valence-corrected chi connectivity index (χ0v) is 17.1. The number of nitrogens with one attached hydrogen (secondary N) is 1. The van der Waals surface area contributed by atoms with Crippen LogP contribution in [0.4, 0.5) is 4.39 Å². The molecule has 2 aliphatic rings. The van der Waals surface area contributed by atoms with Crippen LogP contribution >= 0.6 is 22.9 Å². The van der Waals surface area contributed by atoms with Crippen LogP contribution in [0.3, 0.4) is 0 Å². The van der Waals surface area contributed by atoms with E-state index in [0.29, 0.717) is 47.0 Å². The number of hydrogen-bond donors (Lipinski definition) is 1. The molecule has 5 rings (SSSR count). The number of rotatable bonds is 3. The molecule has 0 unspecified atom stereocenters. The Bertz CT molecular complexity index is 1080. The number of hydrogen-bond acceptors (Lipinski definition) is 5. The Labute approximate surface area is 170 Å². The average Bonchev–Trinajstić information content (AvgIpc) is 3.21. The van der Waals surface area contributed by atoms with Crippen molar-refractivity contribution in [2.24, 2.45) is 0 Å². The molecule has 0 amide bonds. The van der Waals surface area contributed by atoms with E-state index < -0.39 is 5.67 Å². The van der Waals surface area contributed by atoms with Gasteiger partial charge in [-0.3, -0.25) is 4.79 Å². The first-order chi connectivity index (χ1) is 13.4. The molecule has 2 atom stereocenters. The number of nitrogens with zero attached hydrogens (tertiary/aromatic N) is 4. The molecular weight excluding hydrogens is 401 g/mol. The van der Waals surface area contributed by atoms with E-state index in [1.165, 1.54) is 11.3 Å². The quantitative estimate of drug-likeness (QED) is 0.663. The van der Waals surface area contributed by atoms with Crippen molar-refractivity contribution in [3.05, 3.63) is 37.9 Å². The second-order valence-corrected chi connectivity index (χ2v) is 9.68. The fourth-order valence-corrected chi connectivity index (χ4v) is 5.29. The highest BCUT2D eigenvalue weighted by molar-refractivity contribution is 7.13. The first-order valence-corrected chi connectivity index (χ1v) is 10.9. The van der Waals surface area contributed by atoms with Crippen LogP contribution in [-0.4, -0.2) is 30.4 Å². The van der Waals surface area contributed by atoms with E-state index in [1.807, 2.05) is 10.1 Å². The summed E-state index contributed by atoms with van der Waals surface area (Å²) >= 11 is 7.42. The SMILES string of the molecule is CC1(F)CCC(n2ncc3c(=O)[nH]c([C@H]4CC[C@@H]4c4csc(Cl)n4)nc32)CC1. The van der Waals surface area contributed by atoms with Crippen LogP contribution in [-0.2, 0) is 0 Å². The largest absolute Gasteiger partial charge is 0.310 e. The summed E-state index contributed by atoms with van der Waals surface area (Å²) in [5.74, 6) is 1.03. The molecule has 3 aromatic rings. The maximum absolute atomic E-state index is 14.2. The van der Waals surface area contributed by atoms with Gasteiger partial charge < -0.3 is 4.98 Å². The molecule has 3 heterocycles. The third kappa shape index (κ3) is 3.06. The van der Waals surface area contributed by atoms with Gasteiger partial charge in [0.25, 0.3) is 5.56 Å². The topological polar surface area (TPSA) is 76.5 Å². The van der Waals surface area contributed by atoms with E-state index in [4.69, 9.17) is 16.6 Å². The number of H-pyrrole nitrogens is 1. The molecule has 0 aliphatic heterocycles. The summed E-state index contributed by atoms with van der Waals surface area (Å²) in [5, 5.41) is 6.91. The smallest absolute Gasteiger partial charge is 0.262 e. The third-order valence-electron chi connectivity index (χ3n) is 6.32. The van der Waals surface area contributed by atoms with Gasteiger partial charge in [-0.25, -0.2) is 19.0 Å². The van der Waals surface area contributed by atoms with Gasteiger partial charge in [0.1, 0.15) is 16.9 Å². The lowest BCUT2D eigenvalue weighted by Crippen LogP contribution is -2.29. The first-order valence-electron chi connectivity index (χ1n) is 9.68. The summed E-state index contributed by atoms with van der Waals surface area (Å²) in [6.45, 7) is 1.66. The highest BCUT2D eigenvalue weighted by Gasteiger charge is 2.38. The molecule has 0 bridgehead atoms. The third-order valence-corrected chi connectivity index (χ3v) is 7.32. The normalized spacial score (nSPS) is 30.5. The molecule has 2 saturated carbocycles. The minimum Gasteiger partial charge on any atom is -0.310 e. The van der Waals surface area contributed by atoms with E-state index in [0.717, 1.165) is 18.5 Å². The zero-order chi connectivity index (χ0) is 19.5. The second kappa shape index (κ2) is 6.62. The minimum absolute atomic E-state index is 0.0815. The van der Waals surface area contributed by atoms with Crippen LogP contribution in [0.1, 0.15) is 74.8 Å². The van der Waals surface area contributed by atoms with E-state index in [-0.39, 0.29) is 23.4 Å². The lowest BCUT2D eigenvalue weighted by molar-refractivity contribution is 0.103. The lowest BCUT2D eigenvalue weighted by Gasteiger charge is -2.34. The van der Waals surface area contributed by atoms with Gasteiger partial charge in [-0.1, -0.05) is 11.6 Å². The Morgan fingerprint density at radius 1 is 1.25 bits per heavy atom. The number of aromatic amines is 1. The maximum atomic E-state index is 14.2. The highest BCUT2D eigenvalue weighted by atomic mass is 35.5. The van der Waals surface area contributed by atoms with E-state index in [2.05, 4.69) is 15.1 Å². The lowest BCUT2D eigenvalue weighted by atomic mass is 9.71. The molecule has 0 saturated heterocycles. The molecule has 9 heteroatoms.